The molecule has 9 heteroatoms. The first-order valence-corrected chi connectivity index (χ1v) is 11.1. The van der Waals surface area contributed by atoms with Gasteiger partial charge in [0.15, 0.2) is 0 Å². The van der Waals surface area contributed by atoms with Crippen LogP contribution in [0.5, 0.6) is 0 Å². The van der Waals surface area contributed by atoms with E-state index < -0.39 is 10.0 Å². The molecule has 0 spiro atoms. The van der Waals surface area contributed by atoms with E-state index in [4.69, 9.17) is 11.6 Å². The molecule has 1 heterocycles. The minimum atomic E-state index is -3.68. The van der Waals surface area contributed by atoms with E-state index in [1.54, 1.807) is 41.3 Å². The fourth-order valence-corrected chi connectivity index (χ4v) is 4.61. The van der Waals surface area contributed by atoms with E-state index in [9.17, 15) is 18.0 Å². The molecule has 0 bridgehead atoms. The number of amides is 2. The Morgan fingerprint density at radius 2 is 1.59 bits per heavy atom. The third-order valence-electron chi connectivity index (χ3n) is 4.68. The van der Waals surface area contributed by atoms with Gasteiger partial charge in [-0.3, -0.25) is 9.59 Å². The van der Waals surface area contributed by atoms with Crippen LogP contribution in [0.4, 0.5) is 5.69 Å². The second kappa shape index (κ2) is 8.94. The highest BCUT2D eigenvalue weighted by Gasteiger charge is 2.27. The Morgan fingerprint density at radius 3 is 2.14 bits per heavy atom. The van der Waals surface area contributed by atoms with E-state index in [0.717, 1.165) is 0 Å². The van der Waals surface area contributed by atoms with Gasteiger partial charge >= 0.3 is 0 Å². The highest BCUT2D eigenvalue weighted by atomic mass is 35.5. The van der Waals surface area contributed by atoms with Crippen molar-refractivity contribution in [2.75, 3.05) is 18.4 Å². The van der Waals surface area contributed by atoms with Crippen LogP contribution in [-0.2, 0) is 14.8 Å². The highest BCUT2D eigenvalue weighted by molar-refractivity contribution is 7.89. The molecule has 0 atom stereocenters. The number of piperidine rings is 1. The molecule has 2 amide bonds. The van der Waals surface area contributed by atoms with E-state index in [-0.39, 0.29) is 22.8 Å². The number of hydrogen-bond acceptors (Lipinski definition) is 4. The predicted molar refractivity (Wildman–Crippen MR) is 111 cm³/mol. The number of carbonyl (C=O) groups is 2. The first-order valence-electron chi connectivity index (χ1n) is 9.19. The fourth-order valence-electron chi connectivity index (χ4n) is 3.18. The Kier molecular flexibility index (Phi) is 6.56. The van der Waals surface area contributed by atoms with Gasteiger partial charge in [0.25, 0.3) is 5.91 Å². The minimum absolute atomic E-state index is 0.0865. The molecule has 0 aromatic heterocycles. The molecule has 0 aliphatic carbocycles. The molecule has 0 radical (unpaired) electrons. The summed E-state index contributed by atoms with van der Waals surface area (Å²) in [5.41, 5.74) is 1.10. The summed E-state index contributed by atoms with van der Waals surface area (Å²) >= 11 is 5.86. The van der Waals surface area contributed by atoms with Crippen molar-refractivity contribution in [3.05, 3.63) is 59.1 Å². The molecule has 1 aliphatic rings. The minimum Gasteiger partial charge on any atom is -0.339 e. The third kappa shape index (κ3) is 5.56. The number of likely N-dealkylation sites (tertiary alicyclic amines) is 1. The lowest BCUT2D eigenvalue weighted by Crippen LogP contribution is -2.46. The SMILES string of the molecule is CC(=O)Nc1ccc(S(=O)(=O)NC2CCN(C(=O)c3ccc(Cl)cc3)CC2)cc1. The fraction of sp³-hybridized carbons (Fsp3) is 0.300. The van der Waals surface area contributed by atoms with Crippen LogP contribution >= 0.6 is 11.6 Å². The molecular formula is C20H22ClN3O4S. The second-order valence-corrected chi connectivity index (χ2v) is 9.05. The van der Waals surface area contributed by atoms with Crippen LogP contribution in [0.2, 0.25) is 5.02 Å². The lowest BCUT2D eigenvalue weighted by atomic mass is 10.0. The van der Waals surface area contributed by atoms with Crippen molar-refractivity contribution >= 4 is 39.1 Å². The van der Waals surface area contributed by atoms with Gasteiger partial charge < -0.3 is 10.2 Å². The van der Waals surface area contributed by atoms with Gasteiger partial charge in [-0.2, -0.15) is 0 Å². The van der Waals surface area contributed by atoms with Crippen LogP contribution in [-0.4, -0.2) is 44.3 Å². The molecule has 0 saturated carbocycles. The van der Waals surface area contributed by atoms with Gasteiger partial charge in [0.1, 0.15) is 0 Å². The van der Waals surface area contributed by atoms with Crippen LogP contribution in [0.15, 0.2) is 53.4 Å². The maximum absolute atomic E-state index is 12.6. The maximum Gasteiger partial charge on any atom is 0.253 e. The number of benzene rings is 2. The lowest BCUT2D eigenvalue weighted by Gasteiger charge is -2.32. The largest absolute Gasteiger partial charge is 0.339 e. The predicted octanol–water partition coefficient (Wildman–Crippen LogP) is 2.88. The van der Waals surface area contributed by atoms with Crippen molar-refractivity contribution < 1.29 is 18.0 Å². The number of nitrogens with one attached hydrogen (secondary N) is 2. The van der Waals surface area contributed by atoms with Gasteiger partial charge in [-0.05, 0) is 61.4 Å². The number of anilines is 1. The van der Waals surface area contributed by atoms with E-state index in [1.807, 2.05) is 0 Å². The number of nitrogens with zero attached hydrogens (tertiary/aromatic N) is 1. The Hall–Kier alpha value is -2.42. The van der Waals surface area contributed by atoms with E-state index in [1.165, 1.54) is 19.1 Å². The number of hydrogen-bond donors (Lipinski definition) is 2. The van der Waals surface area contributed by atoms with Gasteiger partial charge in [0, 0.05) is 42.3 Å². The molecule has 1 fully saturated rings. The quantitative estimate of drug-likeness (QED) is 0.754. The van der Waals surface area contributed by atoms with Crippen molar-refractivity contribution in [3.8, 4) is 0 Å². The third-order valence-corrected chi connectivity index (χ3v) is 6.47. The van der Waals surface area contributed by atoms with Crippen molar-refractivity contribution in [3.63, 3.8) is 0 Å². The average Bonchev–Trinajstić information content (AvgIpc) is 2.68. The molecule has 3 rings (SSSR count). The Morgan fingerprint density at radius 1 is 1.00 bits per heavy atom. The Bertz CT molecular complexity index is 983. The summed E-state index contributed by atoms with van der Waals surface area (Å²) in [6, 6.07) is 12.5. The summed E-state index contributed by atoms with van der Waals surface area (Å²) in [6.07, 6.45) is 1.06. The van der Waals surface area contributed by atoms with Crippen molar-refractivity contribution in [1.29, 1.82) is 0 Å². The maximum atomic E-state index is 12.6. The zero-order valence-electron chi connectivity index (χ0n) is 15.9. The molecule has 2 aromatic carbocycles. The van der Waals surface area contributed by atoms with Gasteiger partial charge in [-0.15, -0.1) is 0 Å². The summed E-state index contributed by atoms with van der Waals surface area (Å²) in [5, 5.41) is 3.17. The van der Waals surface area contributed by atoms with Crippen molar-refractivity contribution in [1.82, 2.24) is 9.62 Å². The monoisotopic (exact) mass is 435 g/mol. The molecule has 154 valence electrons. The van der Waals surface area contributed by atoms with Crippen LogP contribution in [0, 0.1) is 0 Å². The van der Waals surface area contributed by atoms with E-state index in [2.05, 4.69) is 10.0 Å². The summed E-state index contributed by atoms with van der Waals surface area (Å²) in [7, 11) is -3.68. The van der Waals surface area contributed by atoms with Gasteiger partial charge in [0.2, 0.25) is 15.9 Å². The molecule has 1 saturated heterocycles. The molecular weight excluding hydrogens is 414 g/mol. The molecule has 29 heavy (non-hydrogen) atoms. The van der Waals surface area contributed by atoms with Crippen LogP contribution in [0.25, 0.3) is 0 Å². The van der Waals surface area contributed by atoms with Gasteiger partial charge in [-0.1, -0.05) is 11.6 Å². The molecule has 2 N–H and O–H groups in total. The zero-order chi connectivity index (χ0) is 21.0. The van der Waals surface area contributed by atoms with Gasteiger partial charge in [0.05, 0.1) is 4.90 Å². The summed E-state index contributed by atoms with van der Waals surface area (Å²) in [5.74, 6) is -0.310. The number of sulfonamides is 1. The van der Waals surface area contributed by atoms with Crippen LogP contribution in [0.1, 0.15) is 30.1 Å². The number of carbonyl (C=O) groups excluding carboxylic acids is 2. The zero-order valence-corrected chi connectivity index (χ0v) is 17.5. The second-order valence-electron chi connectivity index (χ2n) is 6.90. The van der Waals surface area contributed by atoms with E-state index >= 15 is 0 Å². The normalized spacial score (nSPS) is 15.2. The number of rotatable bonds is 5. The van der Waals surface area contributed by atoms with Crippen molar-refractivity contribution in [2.24, 2.45) is 0 Å². The first kappa shape index (κ1) is 21.3. The van der Waals surface area contributed by atoms with E-state index in [0.29, 0.717) is 42.2 Å². The summed E-state index contributed by atoms with van der Waals surface area (Å²) < 4.78 is 27.9. The summed E-state index contributed by atoms with van der Waals surface area (Å²) in [6.45, 7) is 2.32. The smallest absolute Gasteiger partial charge is 0.253 e. The first-order chi connectivity index (χ1) is 13.7. The van der Waals surface area contributed by atoms with Crippen LogP contribution in [0.3, 0.4) is 0 Å². The standard InChI is InChI=1S/C20H22ClN3O4S/c1-14(25)22-17-6-8-19(9-7-17)29(27,28)23-18-10-12-24(13-11-18)20(26)15-2-4-16(21)5-3-15/h2-9,18,23H,10-13H2,1H3,(H,22,25). The topological polar surface area (TPSA) is 95.6 Å². The van der Waals surface area contributed by atoms with Crippen molar-refractivity contribution in [2.45, 2.75) is 30.7 Å². The average molecular weight is 436 g/mol. The van der Waals surface area contributed by atoms with Crippen LogP contribution < -0.4 is 10.0 Å². The summed E-state index contributed by atoms with van der Waals surface area (Å²) in [4.78, 5) is 25.5. The lowest BCUT2D eigenvalue weighted by molar-refractivity contribution is -0.114. The number of halogens is 1. The molecule has 1 aliphatic heterocycles. The Balaban J connectivity index is 1.57. The van der Waals surface area contributed by atoms with Gasteiger partial charge in [-0.25, -0.2) is 13.1 Å². The molecule has 0 unspecified atom stereocenters. The Labute approximate surface area is 175 Å². The molecule has 2 aromatic rings. The highest BCUT2D eigenvalue weighted by Crippen LogP contribution is 2.19. The molecule has 7 nitrogen and oxygen atoms in total.